The Balaban J connectivity index is 2.28. The number of anilines is 1. The van der Waals surface area contributed by atoms with Gasteiger partial charge in [0, 0.05) is 11.9 Å². The largest absolute Gasteiger partial charge is 0.485 e. The minimum atomic E-state index is 0.629. The van der Waals surface area contributed by atoms with Crippen LogP contribution in [0, 0.1) is 0 Å². The summed E-state index contributed by atoms with van der Waals surface area (Å²) in [6, 6.07) is 9.75. The highest BCUT2D eigenvalue weighted by molar-refractivity contribution is 5.58. The zero-order valence-electron chi connectivity index (χ0n) is 7.60. The molecular formula is C11H10N2O. The number of fused-ring (bicyclic) bond motifs is 3. The SMILES string of the molecule is Nc1ccc2c(c1)-n1cccc1CO2. The van der Waals surface area contributed by atoms with E-state index in [9.17, 15) is 0 Å². The van der Waals surface area contributed by atoms with E-state index in [1.807, 2.05) is 36.5 Å². The third-order valence-corrected chi connectivity index (χ3v) is 2.45. The van der Waals surface area contributed by atoms with Gasteiger partial charge in [0.1, 0.15) is 12.4 Å². The molecule has 2 aromatic rings. The number of nitrogens with two attached hydrogens (primary N) is 1. The maximum Gasteiger partial charge on any atom is 0.144 e. The molecule has 0 bridgehead atoms. The molecule has 3 heteroatoms. The second-order valence-electron chi connectivity index (χ2n) is 3.39. The molecule has 0 atom stereocenters. The molecule has 2 heterocycles. The van der Waals surface area contributed by atoms with Crippen LogP contribution in [0.1, 0.15) is 5.69 Å². The van der Waals surface area contributed by atoms with Crippen molar-refractivity contribution in [3.05, 3.63) is 42.2 Å². The van der Waals surface area contributed by atoms with Crippen molar-refractivity contribution in [2.75, 3.05) is 5.73 Å². The van der Waals surface area contributed by atoms with E-state index < -0.39 is 0 Å². The van der Waals surface area contributed by atoms with Crippen molar-refractivity contribution < 1.29 is 4.74 Å². The zero-order chi connectivity index (χ0) is 9.54. The molecular weight excluding hydrogens is 176 g/mol. The molecule has 0 saturated heterocycles. The smallest absolute Gasteiger partial charge is 0.144 e. The van der Waals surface area contributed by atoms with Crippen LogP contribution in [0.15, 0.2) is 36.5 Å². The molecule has 2 N–H and O–H groups in total. The van der Waals surface area contributed by atoms with Crippen LogP contribution >= 0.6 is 0 Å². The lowest BCUT2D eigenvalue weighted by Gasteiger charge is -2.20. The van der Waals surface area contributed by atoms with Crippen LogP contribution in [0.2, 0.25) is 0 Å². The molecule has 3 nitrogen and oxygen atoms in total. The summed E-state index contributed by atoms with van der Waals surface area (Å²) < 4.78 is 7.69. The summed E-state index contributed by atoms with van der Waals surface area (Å²) in [5.41, 5.74) is 8.68. The van der Waals surface area contributed by atoms with Gasteiger partial charge in [-0.2, -0.15) is 0 Å². The van der Waals surface area contributed by atoms with Crippen molar-refractivity contribution in [1.82, 2.24) is 4.57 Å². The van der Waals surface area contributed by atoms with Crippen LogP contribution in [0.25, 0.3) is 5.69 Å². The van der Waals surface area contributed by atoms with Gasteiger partial charge in [-0.25, -0.2) is 0 Å². The van der Waals surface area contributed by atoms with E-state index in [-0.39, 0.29) is 0 Å². The molecule has 0 aliphatic carbocycles. The maximum absolute atomic E-state index is 5.74. The third-order valence-electron chi connectivity index (χ3n) is 2.45. The van der Waals surface area contributed by atoms with Crippen molar-refractivity contribution in [3.8, 4) is 11.4 Å². The number of aromatic nitrogens is 1. The first kappa shape index (κ1) is 7.50. The van der Waals surface area contributed by atoms with Gasteiger partial charge in [0.25, 0.3) is 0 Å². The second kappa shape index (κ2) is 2.54. The molecule has 0 unspecified atom stereocenters. The molecule has 3 rings (SSSR count). The van der Waals surface area contributed by atoms with E-state index in [0.717, 1.165) is 22.8 Å². The molecule has 1 aromatic heterocycles. The molecule has 14 heavy (non-hydrogen) atoms. The quantitative estimate of drug-likeness (QED) is 0.639. The minimum absolute atomic E-state index is 0.629. The summed E-state index contributed by atoms with van der Waals surface area (Å²) in [5, 5.41) is 0. The average molecular weight is 186 g/mol. The minimum Gasteiger partial charge on any atom is -0.485 e. The highest BCUT2D eigenvalue weighted by atomic mass is 16.5. The average Bonchev–Trinajstić information content (AvgIpc) is 2.65. The van der Waals surface area contributed by atoms with Crippen molar-refractivity contribution in [2.24, 2.45) is 0 Å². The Hall–Kier alpha value is -1.90. The Morgan fingerprint density at radius 3 is 3.14 bits per heavy atom. The van der Waals surface area contributed by atoms with E-state index in [1.165, 1.54) is 0 Å². The summed E-state index contributed by atoms with van der Waals surface area (Å²) >= 11 is 0. The number of hydrogen-bond acceptors (Lipinski definition) is 2. The third kappa shape index (κ3) is 0.923. The monoisotopic (exact) mass is 186 g/mol. The van der Waals surface area contributed by atoms with Gasteiger partial charge in [-0.3, -0.25) is 0 Å². The number of nitrogens with zero attached hydrogens (tertiary/aromatic N) is 1. The number of nitrogen functional groups attached to an aromatic ring is 1. The van der Waals surface area contributed by atoms with Crippen LogP contribution in [0.5, 0.6) is 5.75 Å². The lowest BCUT2D eigenvalue weighted by atomic mass is 10.2. The molecule has 0 fully saturated rings. The van der Waals surface area contributed by atoms with E-state index in [1.54, 1.807) is 0 Å². The predicted octanol–water partition coefficient (Wildman–Crippen LogP) is 1.95. The highest BCUT2D eigenvalue weighted by Gasteiger charge is 2.15. The van der Waals surface area contributed by atoms with Crippen LogP contribution in [-0.2, 0) is 6.61 Å². The normalized spacial score (nSPS) is 12.9. The summed E-state index contributed by atoms with van der Waals surface area (Å²) in [6.45, 7) is 0.629. The first-order valence-corrected chi connectivity index (χ1v) is 4.53. The van der Waals surface area contributed by atoms with E-state index in [0.29, 0.717) is 6.61 Å². The van der Waals surface area contributed by atoms with Crippen LogP contribution in [0.4, 0.5) is 5.69 Å². The topological polar surface area (TPSA) is 40.2 Å². The van der Waals surface area contributed by atoms with E-state index in [4.69, 9.17) is 10.5 Å². The Kier molecular flexibility index (Phi) is 1.36. The van der Waals surface area contributed by atoms with Gasteiger partial charge in [-0.15, -0.1) is 0 Å². The number of benzene rings is 1. The maximum atomic E-state index is 5.74. The highest BCUT2D eigenvalue weighted by Crippen LogP contribution is 2.31. The van der Waals surface area contributed by atoms with Crippen molar-refractivity contribution >= 4 is 5.69 Å². The van der Waals surface area contributed by atoms with Gasteiger partial charge in [0.2, 0.25) is 0 Å². The molecule has 70 valence electrons. The number of ether oxygens (including phenoxy) is 1. The molecule has 0 spiro atoms. The fraction of sp³-hybridized carbons (Fsp3) is 0.0909. The van der Waals surface area contributed by atoms with Gasteiger partial charge in [-0.1, -0.05) is 0 Å². The summed E-state index contributed by atoms with van der Waals surface area (Å²) in [6.07, 6.45) is 2.02. The van der Waals surface area contributed by atoms with Crippen molar-refractivity contribution in [2.45, 2.75) is 6.61 Å². The zero-order valence-corrected chi connectivity index (χ0v) is 7.60. The molecule has 0 saturated carbocycles. The van der Waals surface area contributed by atoms with E-state index in [2.05, 4.69) is 4.57 Å². The van der Waals surface area contributed by atoms with Gasteiger partial charge < -0.3 is 15.0 Å². The fourth-order valence-electron chi connectivity index (χ4n) is 1.77. The Bertz CT molecular complexity index is 488. The van der Waals surface area contributed by atoms with Gasteiger partial charge in [0.15, 0.2) is 0 Å². The molecule has 1 aliphatic heterocycles. The summed E-state index contributed by atoms with van der Waals surface area (Å²) in [7, 11) is 0. The lowest BCUT2D eigenvalue weighted by molar-refractivity contribution is 0.285. The van der Waals surface area contributed by atoms with Gasteiger partial charge in [-0.05, 0) is 30.3 Å². The second-order valence-corrected chi connectivity index (χ2v) is 3.39. The van der Waals surface area contributed by atoms with Crippen LogP contribution < -0.4 is 10.5 Å². The number of rotatable bonds is 0. The molecule has 1 aliphatic rings. The lowest BCUT2D eigenvalue weighted by Crippen LogP contribution is -2.11. The Morgan fingerprint density at radius 1 is 1.29 bits per heavy atom. The molecule has 1 aromatic carbocycles. The summed E-state index contributed by atoms with van der Waals surface area (Å²) in [5.74, 6) is 0.892. The van der Waals surface area contributed by atoms with Gasteiger partial charge >= 0.3 is 0 Å². The van der Waals surface area contributed by atoms with Crippen molar-refractivity contribution in [3.63, 3.8) is 0 Å². The first-order chi connectivity index (χ1) is 6.84. The van der Waals surface area contributed by atoms with E-state index >= 15 is 0 Å². The van der Waals surface area contributed by atoms with Crippen LogP contribution in [-0.4, -0.2) is 4.57 Å². The fourth-order valence-corrected chi connectivity index (χ4v) is 1.77. The molecule has 0 amide bonds. The predicted molar refractivity (Wildman–Crippen MR) is 54.5 cm³/mol. The Labute approximate surface area is 81.7 Å². The number of hydrogen-bond donors (Lipinski definition) is 1. The standard InChI is InChI=1S/C11H10N2O/c12-8-3-4-11-10(6-8)13-5-1-2-9(13)7-14-11/h1-6H,7,12H2. The van der Waals surface area contributed by atoms with Crippen LogP contribution in [0.3, 0.4) is 0 Å². The molecule has 0 radical (unpaired) electrons. The van der Waals surface area contributed by atoms with Gasteiger partial charge in [0.05, 0.1) is 11.4 Å². The van der Waals surface area contributed by atoms with Crippen molar-refractivity contribution in [1.29, 1.82) is 0 Å². The summed E-state index contributed by atoms with van der Waals surface area (Å²) in [4.78, 5) is 0. The Morgan fingerprint density at radius 2 is 2.21 bits per heavy atom. The first-order valence-electron chi connectivity index (χ1n) is 4.53.